The summed E-state index contributed by atoms with van der Waals surface area (Å²) in [6, 6.07) is 24.7. The molecule has 1 unspecified atom stereocenters. The van der Waals surface area contributed by atoms with E-state index in [1.54, 1.807) is 24.3 Å². The number of anilines is 2. The summed E-state index contributed by atoms with van der Waals surface area (Å²) in [4.78, 5) is 45.3. The van der Waals surface area contributed by atoms with Crippen molar-refractivity contribution in [3.05, 3.63) is 101 Å². The van der Waals surface area contributed by atoms with Gasteiger partial charge < -0.3 is 10.1 Å². The highest BCUT2D eigenvalue weighted by atomic mass is 16.5. The molecule has 194 valence electrons. The van der Waals surface area contributed by atoms with Crippen LogP contribution in [-0.2, 0) is 20.7 Å². The third-order valence-electron chi connectivity index (χ3n) is 7.16. The monoisotopic (exact) mass is 517 g/mol. The maximum absolute atomic E-state index is 13.7. The van der Waals surface area contributed by atoms with Crippen molar-refractivity contribution in [2.45, 2.75) is 19.8 Å². The standard InChI is InChI=1S/C32H27N3O4/c1-20-15-22(17-21-9-3-2-4-10-21)31-24(16-20)30(23-11-5-6-12-25(23)34-31)32(38)39-19-29(37)35-18-28(36)33-26-13-7-8-14-27(26)35/h2-14,17,20H,15-16,18-19H2,1H3,(H,33,36)/b22-17-. The largest absolute Gasteiger partial charge is 0.452 e. The summed E-state index contributed by atoms with van der Waals surface area (Å²) in [5.41, 5.74) is 6.06. The van der Waals surface area contributed by atoms with E-state index in [1.807, 2.05) is 54.6 Å². The van der Waals surface area contributed by atoms with Gasteiger partial charge in [0.05, 0.1) is 28.1 Å². The first-order chi connectivity index (χ1) is 19.0. The van der Waals surface area contributed by atoms with Crippen molar-refractivity contribution in [1.82, 2.24) is 4.98 Å². The number of carbonyl (C=O) groups is 3. The number of carbonyl (C=O) groups excluding carboxylic acids is 3. The van der Waals surface area contributed by atoms with Gasteiger partial charge >= 0.3 is 5.97 Å². The Labute approximate surface area is 226 Å². The summed E-state index contributed by atoms with van der Waals surface area (Å²) in [6.45, 7) is 1.55. The van der Waals surface area contributed by atoms with E-state index in [1.165, 1.54) is 4.90 Å². The number of rotatable bonds is 4. The molecule has 1 aliphatic heterocycles. The normalized spacial score (nSPS) is 17.4. The molecule has 2 aliphatic rings. The van der Waals surface area contributed by atoms with Gasteiger partial charge in [0, 0.05) is 5.39 Å². The molecule has 0 saturated carbocycles. The molecule has 0 bridgehead atoms. The first kappa shape index (κ1) is 24.6. The van der Waals surface area contributed by atoms with E-state index < -0.39 is 18.5 Å². The minimum absolute atomic E-state index is 0.133. The highest BCUT2D eigenvalue weighted by molar-refractivity contribution is 6.11. The summed E-state index contributed by atoms with van der Waals surface area (Å²) < 4.78 is 5.65. The maximum Gasteiger partial charge on any atom is 0.339 e. The van der Waals surface area contributed by atoms with Crippen LogP contribution in [0.5, 0.6) is 0 Å². The summed E-state index contributed by atoms with van der Waals surface area (Å²) >= 11 is 0. The highest BCUT2D eigenvalue weighted by Crippen LogP contribution is 2.39. The molecule has 0 radical (unpaired) electrons. The average Bonchev–Trinajstić information content (AvgIpc) is 2.94. The van der Waals surface area contributed by atoms with Crippen molar-refractivity contribution in [2.24, 2.45) is 5.92 Å². The molecule has 1 N–H and O–H groups in total. The van der Waals surface area contributed by atoms with E-state index in [4.69, 9.17) is 9.72 Å². The number of nitrogens with one attached hydrogen (secondary N) is 1. The number of hydrogen-bond donors (Lipinski definition) is 1. The maximum atomic E-state index is 13.7. The fourth-order valence-corrected chi connectivity index (χ4v) is 5.45. The lowest BCUT2D eigenvalue weighted by Crippen LogP contribution is -2.44. The predicted molar refractivity (Wildman–Crippen MR) is 151 cm³/mol. The van der Waals surface area contributed by atoms with Crippen molar-refractivity contribution in [2.75, 3.05) is 23.4 Å². The molecule has 4 aromatic rings. The quantitative estimate of drug-likeness (QED) is 0.361. The van der Waals surface area contributed by atoms with E-state index in [0.29, 0.717) is 40.2 Å². The van der Waals surface area contributed by atoms with Crippen LogP contribution in [0.3, 0.4) is 0 Å². The predicted octanol–water partition coefficient (Wildman–Crippen LogP) is 5.50. The molecule has 2 amide bonds. The number of esters is 1. The van der Waals surface area contributed by atoms with Crippen molar-refractivity contribution < 1.29 is 19.1 Å². The lowest BCUT2D eigenvalue weighted by atomic mass is 9.80. The molecule has 0 fully saturated rings. The zero-order valence-corrected chi connectivity index (χ0v) is 21.5. The topological polar surface area (TPSA) is 88.6 Å². The van der Waals surface area contributed by atoms with Crippen molar-refractivity contribution in [1.29, 1.82) is 0 Å². The summed E-state index contributed by atoms with van der Waals surface area (Å²) in [6.07, 6.45) is 3.65. The fraction of sp³-hybridized carbons (Fsp3) is 0.188. The number of pyridine rings is 1. The first-order valence-corrected chi connectivity index (χ1v) is 13.0. The molecule has 39 heavy (non-hydrogen) atoms. The van der Waals surface area contributed by atoms with Gasteiger partial charge in [-0.2, -0.15) is 0 Å². The van der Waals surface area contributed by atoms with Crippen LogP contribution < -0.4 is 10.2 Å². The number of amides is 2. The second kappa shape index (κ2) is 10.2. The minimum atomic E-state index is -0.568. The zero-order chi connectivity index (χ0) is 26.9. The van der Waals surface area contributed by atoms with Crippen molar-refractivity contribution in [3.8, 4) is 0 Å². The van der Waals surface area contributed by atoms with Gasteiger partial charge in [0.25, 0.3) is 5.91 Å². The molecule has 0 saturated heterocycles. The van der Waals surface area contributed by atoms with Gasteiger partial charge in [0.15, 0.2) is 6.61 Å². The van der Waals surface area contributed by atoms with Crippen LogP contribution in [0, 0.1) is 5.92 Å². The lowest BCUT2D eigenvalue weighted by Gasteiger charge is -2.29. The number of para-hydroxylation sites is 3. The lowest BCUT2D eigenvalue weighted by molar-refractivity contribution is -0.124. The summed E-state index contributed by atoms with van der Waals surface area (Å²) in [5.74, 6) is -1.03. The molecule has 0 spiro atoms. The molecule has 1 aliphatic carbocycles. The molecule has 6 rings (SSSR count). The Morgan fingerprint density at radius 2 is 1.74 bits per heavy atom. The van der Waals surface area contributed by atoms with Crippen LogP contribution in [0.15, 0.2) is 78.9 Å². The number of benzene rings is 3. The average molecular weight is 518 g/mol. The van der Waals surface area contributed by atoms with Crippen LogP contribution in [0.1, 0.15) is 40.5 Å². The Hall–Kier alpha value is -4.78. The molecule has 3 aromatic carbocycles. The Kier molecular flexibility index (Phi) is 6.40. The zero-order valence-electron chi connectivity index (χ0n) is 21.5. The van der Waals surface area contributed by atoms with E-state index in [9.17, 15) is 14.4 Å². The smallest absolute Gasteiger partial charge is 0.339 e. The van der Waals surface area contributed by atoms with Crippen molar-refractivity contribution in [3.63, 3.8) is 0 Å². The van der Waals surface area contributed by atoms with Gasteiger partial charge in [-0.1, -0.05) is 67.6 Å². The van der Waals surface area contributed by atoms with Crippen LogP contribution in [0.2, 0.25) is 0 Å². The Morgan fingerprint density at radius 3 is 2.59 bits per heavy atom. The van der Waals surface area contributed by atoms with Crippen LogP contribution in [-0.4, -0.2) is 35.9 Å². The number of nitrogens with zero attached hydrogens (tertiary/aromatic N) is 2. The van der Waals surface area contributed by atoms with Gasteiger partial charge in [0.2, 0.25) is 5.91 Å². The van der Waals surface area contributed by atoms with Gasteiger partial charge in [-0.15, -0.1) is 0 Å². The van der Waals surface area contributed by atoms with E-state index in [-0.39, 0.29) is 12.5 Å². The Bertz CT molecular complexity index is 1640. The number of ether oxygens (including phenoxy) is 1. The van der Waals surface area contributed by atoms with Crippen LogP contribution >= 0.6 is 0 Å². The van der Waals surface area contributed by atoms with Crippen LogP contribution in [0.4, 0.5) is 11.4 Å². The fourth-order valence-electron chi connectivity index (χ4n) is 5.45. The third kappa shape index (κ3) is 4.79. The molecular formula is C32H27N3O4. The second-order valence-electron chi connectivity index (χ2n) is 10.0. The second-order valence-corrected chi connectivity index (χ2v) is 10.0. The third-order valence-corrected chi connectivity index (χ3v) is 7.16. The van der Waals surface area contributed by atoms with Gasteiger partial charge in [-0.3, -0.25) is 14.5 Å². The Balaban J connectivity index is 1.35. The van der Waals surface area contributed by atoms with E-state index in [0.717, 1.165) is 28.8 Å². The number of aromatic nitrogens is 1. The summed E-state index contributed by atoms with van der Waals surface area (Å²) in [5, 5.41) is 3.46. The molecular weight excluding hydrogens is 490 g/mol. The SMILES string of the molecule is CC1C/C(=C/c2ccccc2)c2nc3ccccc3c(C(=O)OCC(=O)N3CC(=O)Nc4ccccc43)c2C1. The molecule has 7 nitrogen and oxygen atoms in total. The van der Waals surface area contributed by atoms with Crippen molar-refractivity contribution >= 4 is 51.7 Å². The minimum Gasteiger partial charge on any atom is -0.452 e. The Morgan fingerprint density at radius 1 is 1.00 bits per heavy atom. The van der Waals surface area contributed by atoms with Gasteiger partial charge in [-0.05, 0) is 59.7 Å². The molecule has 7 heteroatoms. The van der Waals surface area contributed by atoms with Gasteiger partial charge in [-0.25, -0.2) is 9.78 Å². The van der Waals surface area contributed by atoms with E-state index in [2.05, 4.69) is 18.3 Å². The molecule has 1 atom stereocenters. The first-order valence-electron chi connectivity index (χ1n) is 13.0. The highest BCUT2D eigenvalue weighted by Gasteiger charge is 2.31. The summed E-state index contributed by atoms with van der Waals surface area (Å²) in [7, 11) is 0. The number of fused-ring (bicyclic) bond motifs is 3. The molecule has 1 aromatic heterocycles. The van der Waals surface area contributed by atoms with E-state index >= 15 is 0 Å². The number of allylic oxidation sites excluding steroid dienone is 1. The van der Waals surface area contributed by atoms with Crippen LogP contribution in [0.25, 0.3) is 22.6 Å². The molecule has 2 heterocycles. The van der Waals surface area contributed by atoms with Gasteiger partial charge in [0.1, 0.15) is 6.54 Å². The number of hydrogen-bond acceptors (Lipinski definition) is 5.